The van der Waals surface area contributed by atoms with Crippen LogP contribution in [0.25, 0.3) is 0 Å². The van der Waals surface area contributed by atoms with E-state index >= 15 is 0 Å². The zero-order valence-corrected chi connectivity index (χ0v) is 10.0. The fourth-order valence-electron chi connectivity index (χ4n) is 1.38. The molecule has 0 atom stereocenters. The predicted molar refractivity (Wildman–Crippen MR) is 58.0 cm³/mol. The Kier molecular flexibility index (Phi) is 3.75. The molecule has 21 heavy (non-hydrogen) atoms. The number of rotatable bonds is 3. The summed E-state index contributed by atoms with van der Waals surface area (Å²) >= 11 is 0. The molecule has 0 fully saturated rings. The molecule has 2 N–H and O–H groups in total. The van der Waals surface area contributed by atoms with Crippen molar-refractivity contribution in [1.29, 1.82) is 0 Å². The second kappa shape index (κ2) is 5.22. The van der Waals surface area contributed by atoms with Crippen LogP contribution in [0.2, 0.25) is 0 Å². The van der Waals surface area contributed by atoms with Gasteiger partial charge in [0.15, 0.2) is 0 Å². The Labute approximate surface area is 113 Å². The van der Waals surface area contributed by atoms with E-state index in [0.29, 0.717) is 0 Å². The Bertz CT molecular complexity index is 617. The third-order valence-electron chi connectivity index (χ3n) is 2.30. The maximum atomic E-state index is 12.4. The van der Waals surface area contributed by atoms with Crippen LogP contribution in [-0.2, 0) is 18.9 Å². The molecular formula is C10H7F6N5. The summed E-state index contributed by atoms with van der Waals surface area (Å²) in [5.41, 5.74) is -1.07. The van der Waals surface area contributed by atoms with Crippen LogP contribution < -0.4 is 5.32 Å². The highest BCUT2D eigenvalue weighted by Crippen LogP contribution is 2.29. The lowest BCUT2D eigenvalue weighted by Gasteiger charge is -2.08. The van der Waals surface area contributed by atoms with Gasteiger partial charge in [0.25, 0.3) is 5.82 Å². The highest BCUT2D eigenvalue weighted by Gasteiger charge is 2.36. The molecule has 114 valence electrons. The number of hydrogen-bond acceptors (Lipinski definition) is 4. The van der Waals surface area contributed by atoms with E-state index in [1.807, 2.05) is 5.10 Å². The largest absolute Gasteiger partial charge is 0.453 e. The summed E-state index contributed by atoms with van der Waals surface area (Å²) in [5.74, 6) is -1.50. The Morgan fingerprint density at radius 2 is 1.81 bits per heavy atom. The van der Waals surface area contributed by atoms with Gasteiger partial charge < -0.3 is 5.32 Å². The Hall–Kier alpha value is -2.33. The van der Waals surface area contributed by atoms with E-state index in [4.69, 9.17) is 0 Å². The van der Waals surface area contributed by atoms with Crippen molar-refractivity contribution in [2.45, 2.75) is 18.9 Å². The van der Waals surface area contributed by atoms with Crippen molar-refractivity contribution in [2.24, 2.45) is 0 Å². The van der Waals surface area contributed by atoms with Crippen LogP contribution in [0.1, 0.15) is 17.3 Å². The molecule has 2 aromatic heterocycles. The van der Waals surface area contributed by atoms with Crippen LogP contribution in [0.4, 0.5) is 32.0 Å². The van der Waals surface area contributed by atoms with Gasteiger partial charge in [0.05, 0.1) is 6.54 Å². The first-order valence-electron chi connectivity index (χ1n) is 5.42. The lowest BCUT2D eigenvalue weighted by molar-refractivity contribution is -0.144. The average molecular weight is 311 g/mol. The number of halogens is 6. The number of nitrogens with zero attached hydrogens (tertiary/aromatic N) is 3. The molecule has 0 aliphatic carbocycles. The average Bonchev–Trinajstić information content (AvgIpc) is 2.84. The van der Waals surface area contributed by atoms with Crippen LogP contribution in [0, 0.1) is 0 Å². The van der Waals surface area contributed by atoms with Crippen LogP contribution in [0.15, 0.2) is 18.3 Å². The second-order valence-corrected chi connectivity index (χ2v) is 3.88. The fraction of sp³-hybridized carbons (Fsp3) is 0.300. The van der Waals surface area contributed by atoms with Crippen molar-refractivity contribution in [1.82, 2.24) is 20.2 Å². The number of pyridine rings is 1. The van der Waals surface area contributed by atoms with Gasteiger partial charge in [-0.15, -0.1) is 5.10 Å². The van der Waals surface area contributed by atoms with Gasteiger partial charge in [-0.05, 0) is 12.1 Å². The highest BCUT2D eigenvalue weighted by molar-refractivity contribution is 5.43. The first-order chi connectivity index (χ1) is 9.66. The summed E-state index contributed by atoms with van der Waals surface area (Å²) in [5, 5.41) is 7.51. The summed E-state index contributed by atoms with van der Waals surface area (Å²) in [6.07, 6.45) is -8.35. The van der Waals surface area contributed by atoms with Gasteiger partial charge in [-0.3, -0.25) is 10.1 Å². The molecule has 0 unspecified atom stereocenters. The predicted octanol–water partition coefficient (Wildman–Crippen LogP) is 2.85. The topological polar surface area (TPSA) is 66.5 Å². The van der Waals surface area contributed by atoms with Crippen LogP contribution in [-0.4, -0.2) is 20.2 Å². The summed E-state index contributed by atoms with van der Waals surface area (Å²) < 4.78 is 74.0. The molecule has 0 amide bonds. The molecule has 0 aliphatic rings. The van der Waals surface area contributed by atoms with E-state index in [2.05, 4.69) is 20.4 Å². The van der Waals surface area contributed by atoms with Crippen molar-refractivity contribution in [3.63, 3.8) is 0 Å². The third kappa shape index (κ3) is 3.83. The van der Waals surface area contributed by atoms with Gasteiger partial charge in [0.2, 0.25) is 0 Å². The summed E-state index contributed by atoms with van der Waals surface area (Å²) in [6, 6.07) is 1.98. The minimum absolute atomic E-state index is 0.0438. The van der Waals surface area contributed by atoms with Crippen molar-refractivity contribution in [3.8, 4) is 0 Å². The molecule has 0 saturated carbocycles. The molecule has 11 heteroatoms. The lowest BCUT2D eigenvalue weighted by atomic mass is 10.3. The number of nitrogens with one attached hydrogen (secondary N) is 2. The second-order valence-electron chi connectivity index (χ2n) is 3.88. The zero-order valence-electron chi connectivity index (χ0n) is 10.0. The smallest absolute Gasteiger partial charge is 0.378 e. The van der Waals surface area contributed by atoms with Crippen LogP contribution in [0.5, 0.6) is 0 Å². The molecular weight excluding hydrogens is 304 g/mol. The van der Waals surface area contributed by atoms with Gasteiger partial charge in [-0.1, -0.05) is 0 Å². The summed E-state index contributed by atoms with van der Waals surface area (Å²) in [7, 11) is 0. The first-order valence-corrected chi connectivity index (χ1v) is 5.42. The lowest BCUT2D eigenvalue weighted by Crippen LogP contribution is -2.09. The van der Waals surface area contributed by atoms with Gasteiger partial charge >= 0.3 is 12.4 Å². The quantitative estimate of drug-likeness (QED) is 0.856. The van der Waals surface area contributed by atoms with Crippen molar-refractivity contribution >= 4 is 5.69 Å². The normalized spacial score (nSPS) is 12.5. The summed E-state index contributed by atoms with van der Waals surface area (Å²) in [4.78, 5) is 6.33. The number of anilines is 1. The number of hydrogen-bond donors (Lipinski definition) is 2. The van der Waals surface area contributed by atoms with Gasteiger partial charge in [0.1, 0.15) is 11.5 Å². The van der Waals surface area contributed by atoms with Crippen molar-refractivity contribution in [3.05, 3.63) is 35.7 Å². The molecule has 0 aromatic carbocycles. The molecule has 0 radical (unpaired) electrons. The maximum Gasteiger partial charge on any atom is 0.453 e. The molecule has 2 rings (SSSR count). The van der Waals surface area contributed by atoms with E-state index in [1.54, 1.807) is 0 Å². The fourth-order valence-corrected chi connectivity index (χ4v) is 1.38. The molecule has 0 saturated heterocycles. The van der Waals surface area contributed by atoms with Crippen LogP contribution >= 0.6 is 0 Å². The van der Waals surface area contributed by atoms with Crippen molar-refractivity contribution in [2.75, 3.05) is 5.32 Å². The Morgan fingerprint density at radius 3 is 2.38 bits per heavy atom. The molecule has 2 aromatic rings. The molecule has 5 nitrogen and oxygen atoms in total. The number of aromatic nitrogens is 4. The molecule has 0 bridgehead atoms. The van der Waals surface area contributed by atoms with Gasteiger partial charge in [-0.25, -0.2) is 4.98 Å². The van der Waals surface area contributed by atoms with E-state index in [1.165, 1.54) is 6.07 Å². The zero-order chi connectivity index (χ0) is 15.7. The van der Waals surface area contributed by atoms with E-state index in [0.717, 1.165) is 12.3 Å². The summed E-state index contributed by atoms with van der Waals surface area (Å²) in [6.45, 7) is -0.246. The minimum atomic E-state index is -4.69. The monoisotopic (exact) mass is 311 g/mol. The van der Waals surface area contributed by atoms with Gasteiger partial charge in [0, 0.05) is 11.9 Å². The Balaban J connectivity index is 2.05. The minimum Gasteiger partial charge on any atom is -0.378 e. The van der Waals surface area contributed by atoms with Crippen molar-refractivity contribution < 1.29 is 26.3 Å². The van der Waals surface area contributed by atoms with E-state index in [-0.39, 0.29) is 18.1 Å². The molecule has 0 spiro atoms. The number of H-pyrrole nitrogens is 1. The SMILES string of the molecule is FC(F)(F)c1cc(NCc2nc(C(F)(F)F)n[nH]2)ccn1. The third-order valence-corrected chi connectivity index (χ3v) is 2.30. The van der Waals surface area contributed by atoms with Crippen LogP contribution in [0.3, 0.4) is 0 Å². The molecule has 2 heterocycles. The number of aromatic amines is 1. The Morgan fingerprint density at radius 1 is 1.10 bits per heavy atom. The first kappa shape index (κ1) is 15.1. The highest BCUT2D eigenvalue weighted by atomic mass is 19.4. The standard InChI is InChI=1S/C10H7F6N5/c11-9(12,13)6-3-5(1-2-17-6)18-4-7-19-8(21-20-7)10(14,15)16/h1-3H,4H2,(H,17,18)(H,19,20,21). The van der Waals surface area contributed by atoms with Gasteiger partial charge in [-0.2, -0.15) is 26.3 Å². The maximum absolute atomic E-state index is 12.4. The van der Waals surface area contributed by atoms with E-state index < -0.39 is 23.9 Å². The molecule has 0 aliphatic heterocycles. The number of alkyl halides is 6. The van der Waals surface area contributed by atoms with E-state index in [9.17, 15) is 26.3 Å².